The van der Waals surface area contributed by atoms with Crippen LogP contribution < -0.4 is 0 Å². The lowest BCUT2D eigenvalue weighted by atomic mass is 10.1. The molecule has 2 aliphatic rings. The van der Waals surface area contributed by atoms with E-state index in [1.54, 1.807) is 11.8 Å². The van der Waals surface area contributed by atoms with E-state index in [1.807, 2.05) is 30.3 Å². The molecule has 2 heterocycles. The Labute approximate surface area is 152 Å². The molecular weight excluding hydrogens is 332 g/mol. The van der Waals surface area contributed by atoms with Crippen LogP contribution in [0, 0.1) is 0 Å². The highest BCUT2D eigenvalue weighted by Crippen LogP contribution is 2.38. The first-order chi connectivity index (χ1) is 12.6. The van der Waals surface area contributed by atoms with Crippen LogP contribution in [0.25, 0.3) is 0 Å². The fraction of sp³-hybridized carbons (Fsp3) is 0.474. The first kappa shape index (κ1) is 16.8. The van der Waals surface area contributed by atoms with E-state index >= 15 is 0 Å². The van der Waals surface area contributed by atoms with Gasteiger partial charge in [0.15, 0.2) is 5.82 Å². The van der Waals surface area contributed by atoms with Crippen molar-refractivity contribution in [2.45, 2.75) is 44.7 Å². The summed E-state index contributed by atoms with van der Waals surface area (Å²) in [5.41, 5.74) is 1.15. The van der Waals surface area contributed by atoms with Gasteiger partial charge in [0.2, 0.25) is 17.7 Å². The van der Waals surface area contributed by atoms with Crippen molar-refractivity contribution in [1.29, 1.82) is 0 Å². The van der Waals surface area contributed by atoms with E-state index in [1.165, 1.54) is 4.90 Å². The first-order valence-corrected chi connectivity index (χ1v) is 9.06. The van der Waals surface area contributed by atoms with Gasteiger partial charge in [-0.15, -0.1) is 0 Å². The van der Waals surface area contributed by atoms with Crippen LogP contribution in [-0.2, 0) is 22.6 Å². The number of amides is 2. The third-order valence-corrected chi connectivity index (χ3v) is 5.03. The fourth-order valence-corrected chi connectivity index (χ4v) is 3.25. The number of hydrogen-bond acceptors (Lipinski definition) is 5. The Morgan fingerprint density at radius 3 is 2.69 bits per heavy atom. The number of rotatable bonds is 6. The van der Waals surface area contributed by atoms with E-state index in [0.717, 1.165) is 24.8 Å². The SMILES string of the molecule is C[C@H]1C(=O)N(CCc2ccccc2)CC(=O)N1Cc1nc(C2CC2)no1. The second-order valence-electron chi connectivity index (χ2n) is 7.01. The molecule has 2 fully saturated rings. The zero-order valence-electron chi connectivity index (χ0n) is 14.8. The van der Waals surface area contributed by atoms with Gasteiger partial charge >= 0.3 is 0 Å². The van der Waals surface area contributed by atoms with Crippen molar-refractivity contribution < 1.29 is 14.1 Å². The smallest absolute Gasteiger partial charge is 0.246 e. The average molecular weight is 354 g/mol. The third kappa shape index (κ3) is 3.47. The zero-order chi connectivity index (χ0) is 18.1. The van der Waals surface area contributed by atoms with Crippen molar-refractivity contribution >= 4 is 11.8 Å². The molecule has 0 unspecified atom stereocenters. The maximum Gasteiger partial charge on any atom is 0.246 e. The number of carbonyl (C=O) groups is 2. The minimum Gasteiger partial charge on any atom is -0.337 e. The largest absolute Gasteiger partial charge is 0.337 e. The van der Waals surface area contributed by atoms with Crippen LogP contribution in [0.5, 0.6) is 0 Å². The van der Waals surface area contributed by atoms with Gasteiger partial charge in [0, 0.05) is 12.5 Å². The van der Waals surface area contributed by atoms with Gasteiger partial charge in [0.25, 0.3) is 0 Å². The average Bonchev–Trinajstić information content (AvgIpc) is 3.40. The Hall–Kier alpha value is -2.70. The van der Waals surface area contributed by atoms with E-state index in [4.69, 9.17) is 4.52 Å². The molecule has 7 nitrogen and oxygen atoms in total. The molecule has 1 aromatic heterocycles. The summed E-state index contributed by atoms with van der Waals surface area (Å²) in [7, 11) is 0. The van der Waals surface area contributed by atoms with Gasteiger partial charge in [-0.1, -0.05) is 35.5 Å². The summed E-state index contributed by atoms with van der Waals surface area (Å²) in [6, 6.07) is 9.44. The van der Waals surface area contributed by atoms with E-state index in [9.17, 15) is 9.59 Å². The molecule has 0 radical (unpaired) electrons. The van der Waals surface area contributed by atoms with E-state index in [2.05, 4.69) is 10.1 Å². The molecule has 1 aliphatic heterocycles. The minimum atomic E-state index is -0.525. The van der Waals surface area contributed by atoms with Gasteiger partial charge in [-0.3, -0.25) is 9.59 Å². The minimum absolute atomic E-state index is 0.0394. The first-order valence-electron chi connectivity index (χ1n) is 9.06. The lowest BCUT2D eigenvalue weighted by Gasteiger charge is -2.38. The maximum atomic E-state index is 12.7. The molecule has 2 amide bonds. The zero-order valence-corrected chi connectivity index (χ0v) is 14.8. The second kappa shape index (κ2) is 6.90. The van der Waals surface area contributed by atoms with Gasteiger partial charge in [0.05, 0.1) is 6.54 Å². The molecule has 7 heteroatoms. The van der Waals surface area contributed by atoms with Gasteiger partial charge < -0.3 is 14.3 Å². The summed E-state index contributed by atoms with van der Waals surface area (Å²) >= 11 is 0. The Kier molecular flexibility index (Phi) is 4.44. The molecule has 1 aromatic carbocycles. The van der Waals surface area contributed by atoms with Crippen LogP contribution in [0.1, 0.15) is 43.0 Å². The van der Waals surface area contributed by atoms with E-state index in [-0.39, 0.29) is 24.9 Å². The Balaban J connectivity index is 1.38. The predicted octanol–water partition coefficient (Wildman–Crippen LogP) is 1.75. The summed E-state index contributed by atoms with van der Waals surface area (Å²) < 4.78 is 5.25. The molecule has 0 N–H and O–H groups in total. The summed E-state index contributed by atoms with van der Waals surface area (Å²) in [6.07, 6.45) is 2.92. The summed E-state index contributed by atoms with van der Waals surface area (Å²) in [5.74, 6) is 1.39. The monoisotopic (exact) mass is 354 g/mol. The van der Waals surface area contributed by atoms with Crippen LogP contribution in [0.15, 0.2) is 34.9 Å². The van der Waals surface area contributed by atoms with Gasteiger partial charge in [-0.2, -0.15) is 4.98 Å². The van der Waals surface area contributed by atoms with Crippen molar-refractivity contribution in [2.24, 2.45) is 0 Å². The molecule has 2 aromatic rings. The van der Waals surface area contributed by atoms with Crippen molar-refractivity contribution in [3.05, 3.63) is 47.6 Å². The van der Waals surface area contributed by atoms with Crippen LogP contribution in [0.2, 0.25) is 0 Å². The maximum absolute atomic E-state index is 12.7. The normalized spacial score (nSPS) is 20.7. The van der Waals surface area contributed by atoms with Crippen LogP contribution in [0.3, 0.4) is 0 Å². The lowest BCUT2D eigenvalue weighted by molar-refractivity contribution is -0.156. The quantitative estimate of drug-likeness (QED) is 0.790. The van der Waals surface area contributed by atoms with Crippen LogP contribution in [0.4, 0.5) is 0 Å². The fourth-order valence-electron chi connectivity index (χ4n) is 3.25. The second-order valence-corrected chi connectivity index (χ2v) is 7.01. The molecule has 1 aliphatic carbocycles. The van der Waals surface area contributed by atoms with Crippen molar-refractivity contribution in [1.82, 2.24) is 19.9 Å². The molecule has 1 atom stereocenters. The Morgan fingerprint density at radius 1 is 1.19 bits per heavy atom. The molecule has 26 heavy (non-hydrogen) atoms. The van der Waals surface area contributed by atoms with Gasteiger partial charge in [-0.25, -0.2) is 0 Å². The topological polar surface area (TPSA) is 79.5 Å². The van der Waals surface area contributed by atoms with Gasteiger partial charge in [-0.05, 0) is 31.7 Å². The number of piperazine rings is 1. The number of nitrogens with zero attached hydrogens (tertiary/aromatic N) is 4. The number of hydrogen-bond donors (Lipinski definition) is 0. The van der Waals surface area contributed by atoms with E-state index < -0.39 is 6.04 Å². The standard InChI is InChI=1S/C19H22N4O3/c1-13-19(25)22(10-9-14-5-3-2-4-6-14)12-17(24)23(13)11-16-20-18(21-26-16)15-7-8-15/h2-6,13,15H,7-12H2,1H3/t13-/m0/s1. The molecule has 4 rings (SSSR count). The molecule has 0 bridgehead atoms. The van der Waals surface area contributed by atoms with Crippen LogP contribution in [-0.4, -0.2) is 50.9 Å². The van der Waals surface area contributed by atoms with Crippen LogP contribution >= 0.6 is 0 Å². The van der Waals surface area contributed by atoms with Crippen molar-refractivity contribution in [3.63, 3.8) is 0 Å². The number of carbonyl (C=O) groups excluding carboxylic acids is 2. The van der Waals surface area contributed by atoms with E-state index in [0.29, 0.717) is 24.2 Å². The Bertz CT molecular complexity index is 800. The molecule has 1 saturated heterocycles. The molecular formula is C19H22N4O3. The molecule has 136 valence electrons. The summed E-state index contributed by atoms with van der Waals surface area (Å²) in [4.78, 5) is 32.8. The predicted molar refractivity (Wildman–Crippen MR) is 93.0 cm³/mol. The summed E-state index contributed by atoms with van der Waals surface area (Å²) in [6.45, 7) is 2.59. The Morgan fingerprint density at radius 2 is 1.96 bits per heavy atom. The summed E-state index contributed by atoms with van der Waals surface area (Å²) in [5, 5.41) is 3.97. The van der Waals surface area contributed by atoms with Crippen molar-refractivity contribution in [2.75, 3.05) is 13.1 Å². The highest BCUT2D eigenvalue weighted by atomic mass is 16.5. The number of aromatic nitrogens is 2. The van der Waals surface area contributed by atoms with Gasteiger partial charge in [0.1, 0.15) is 12.6 Å². The molecule has 1 saturated carbocycles. The highest BCUT2D eigenvalue weighted by molar-refractivity contribution is 5.94. The third-order valence-electron chi connectivity index (χ3n) is 5.03. The lowest BCUT2D eigenvalue weighted by Crippen LogP contribution is -2.58. The molecule has 0 spiro atoms. The highest BCUT2D eigenvalue weighted by Gasteiger charge is 2.37. The number of benzene rings is 1. The van der Waals surface area contributed by atoms with Crippen molar-refractivity contribution in [3.8, 4) is 0 Å².